The van der Waals surface area contributed by atoms with Gasteiger partial charge in [0.1, 0.15) is 0 Å². The summed E-state index contributed by atoms with van der Waals surface area (Å²) in [5, 5.41) is 2.78. The largest absolute Gasteiger partial charge is 0.350 e. The van der Waals surface area contributed by atoms with Crippen molar-refractivity contribution in [2.24, 2.45) is 0 Å². The molecule has 1 amide bonds. The number of hydrogen-bond donors (Lipinski definition) is 2. The summed E-state index contributed by atoms with van der Waals surface area (Å²) >= 11 is 0. The number of benzene rings is 1. The van der Waals surface area contributed by atoms with E-state index in [4.69, 9.17) is 0 Å². The van der Waals surface area contributed by atoms with Gasteiger partial charge in [-0.15, -0.1) is 0 Å². The summed E-state index contributed by atoms with van der Waals surface area (Å²) < 4.78 is 28.3. The monoisotopic (exact) mass is 336 g/mol. The van der Waals surface area contributed by atoms with Crippen molar-refractivity contribution in [3.05, 3.63) is 47.5 Å². The van der Waals surface area contributed by atoms with Crippen LogP contribution < -0.4 is 10.0 Å². The van der Waals surface area contributed by atoms with Crippen LogP contribution in [-0.4, -0.2) is 37.5 Å². The maximum absolute atomic E-state index is 12.3. The number of carbonyl (C=O) groups is 1. The number of nitrogens with one attached hydrogen (secondary N) is 2. The molecule has 0 aliphatic heterocycles. The van der Waals surface area contributed by atoms with Gasteiger partial charge < -0.3 is 9.88 Å². The predicted molar refractivity (Wildman–Crippen MR) is 86.7 cm³/mol. The van der Waals surface area contributed by atoms with E-state index in [-0.39, 0.29) is 10.8 Å². The Morgan fingerprint density at radius 3 is 2.65 bits per heavy atom. The molecule has 2 N–H and O–H groups in total. The fraction of sp³-hybridized carbons (Fsp3) is 0.333. The molecule has 7 nitrogen and oxygen atoms in total. The van der Waals surface area contributed by atoms with Crippen molar-refractivity contribution in [1.29, 1.82) is 0 Å². The third-order valence-corrected chi connectivity index (χ3v) is 5.20. The molecule has 0 saturated carbocycles. The normalized spacial score (nSPS) is 11.4. The Morgan fingerprint density at radius 1 is 1.30 bits per heavy atom. The smallest absolute Gasteiger partial charge is 0.251 e. The lowest BCUT2D eigenvalue weighted by atomic mass is 10.1. The van der Waals surface area contributed by atoms with Crippen molar-refractivity contribution in [1.82, 2.24) is 19.6 Å². The minimum Gasteiger partial charge on any atom is -0.350 e. The van der Waals surface area contributed by atoms with Crippen LogP contribution in [0.4, 0.5) is 0 Å². The van der Waals surface area contributed by atoms with Gasteiger partial charge in [-0.25, -0.2) is 18.1 Å². The highest BCUT2D eigenvalue weighted by molar-refractivity contribution is 7.89. The van der Waals surface area contributed by atoms with Crippen molar-refractivity contribution in [3.8, 4) is 0 Å². The first-order valence-electron chi connectivity index (χ1n) is 7.14. The average molecular weight is 336 g/mol. The number of aryl methyl sites for hydroxylation is 1. The standard InChI is InChI=1S/C15H20N4O3S/c1-11-8-13(9-14(12(11)2)23(21,22)16-3)15(20)18-5-7-19-6-4-17-10-19/h4,6,8-10,16H,5,7H2,1-3H3,(H,18,20). The first-order chi connectivity index (χ1) is 10.8. The molecule has 0 aliphatic carbocycles. The molecule has 0 fully saturated rings. The Hall–Kier alpha value is -2.19. The zero-order valence-electron chi connectivity index (χ0n) is 13.3. The SMILES string of the molecule is CNS(=O)(=O)c1cc(C(=O)NCCn2ccnc2)cc(C)c1C. The lowest BCUT2D eigenvalue weighted by molar-refractivity contribution is 0.0952. The van der Waals surface area contributed by atoms with Crippen LogP contribution >= 0.6 is 0 Å². The van der Waals surface area contributed by atoms with E-state index in [0.717, 1.165) is 5.56 Å². The molecule has 1 aromatic heterocycles. The molecule has 0 bridgehead atoms. The van der Waals surface area contributed by atoms with E-state index in [1.165, 1.54) is 13.1 Å². The number of nitrogens with zero attached hydrogens (tertiary/aromatic N) is 2. The van der Waals surface area contributed by atoms with Gasteiger partial charge >= 0.3 is 0 Å². The number of hydrogen-bond acceptors (Lipinski definition) is 4. The molecule has 1 aromatic carbocycles. The van der Waals surface area contributed by atoms with Crippen molar-refractivity contribution >= 4 is 15.9 Å². The van der Waals surface area contributed by atoms with E-state index >= 15 is 0 Å². The number of imidazole rings is 1. The Morgan fingerprint density at radius 2 is 2.04 bits per heavy atom. The van der Waals surface area contributed by atoms with Crippen LogP contribution in [0.15, 0.2) is 35.7 Å². The molecule has 2 aromatic rings. The van der Waals surface area contributed by atoms with Crippen LogP contribution in [-0.2, 0) is 16.6 Å². The quantitative estimate of drug-likeness (QED) is 0.817. The first kappa shape index (κ1) is 17.2. The molecule has 0 saturated heterocycles. The van der Waals surface area contributed by atoms with Crippen LogP contribution in [0.25, 0.3) is 0 Å². The highest BCUT2D eigenvalue weighted by Gasteiger charge is 2.19. The molecule has 0 unspecified atom stereocenters. The van der Waals surface area contributed by atoms with E-state index in [2.05, 4.69) is 15.0 Å². The van der Waals surface area contributed by atoms with Crippen molar-refractivity contribution in [3.63, 3.8) is 0 Å². The lowest BCUT2D eigenvalue weighted by Crippen LogP contribution is -2.28. The fourth-order valence-electron chi connectivity index (χ4n) is 2.17. The van der Waals surface area contributed by atoms with Crippen LogP contribution in [0.3, 0.4) is 0 Å². The van der Waals surface area contributed by atoms with Gasteiger partial charge in [-0.3, -0.25) is 4.79 Å². The zero-order valence-corrected chi connectivity index (χ0v) is 14.1. The molecule has 124 valence electrons. The van der Waals surface area contributed by atoms with Gasteiger partial charge in [0.15, 0.2) is 0 Å². The number of sulfonamides is 1. The van der Waals surface area contributed by atoms with Crippen LogP contribution in [0.2, 0.25) is 0 Å². The summed E-state index contributed by atoms with van der Waals surface area (Å²) in [5.41, 5.74) is 1.71. The number of aromatic nitrogens is 2. The topological polar surface area (TPSA) is 93.1 Å². The molecule has 8 heteroatoms. The fourth-order valence-corrected chi connectivity index (χ4v) is 3.23. The number of amides is 1. The highest BCUT2D eigenvalue weighted by Crippen LogP contribution is 2.20. The molecule has 0 radical (unpaired) electrons. The van der Waals surface area contributed by atoms with Crippen LogP contribution in [0.5, 0.6) is 0 Å². The second-order valence-corrected chi connectivity index (χ2v) is 7.04. The van der Waals surface area contributed by atoms with E-state index in [9.17, 15) is 13.2 Å². The summed E-state index contributed by atoms with van der Waals surface area (Å²) in [6, 6.07) is 3.09. The van der Waals surface area contributed by atoms with Crippen molar-refractivity contribution in [2.75, 3.05) is 13.6 Å². The Labute approximate surface area is 135 Å². The molecule has 0 aliphatic rings. The second-order valence-electron chi connectivity index (χ2n) is 5.18. The second kappa shape index (κ2) is 6.93. The lowest BCUT2D eigenvalue weighted by Gasteiger charge is -2.12. The first-order valence-corrected chi connectivity index (χ1v) is 8.62. The van der Waals surface area contributed by atoms with Gasteiger partial charge in [-0.05, 0) is 44.2 Å². The summed E-state index contributed by atoms with van der Waals surface area (Å²) in [7, 11) is -2.26. The molecule has 0 spiro atoms. The number of carbonyl (C=O) groups excluding carboxylic acids is 1. The van der Waals surface area contributed by atoms with E-state index in [1.807, 2.05) is 4.57 Å². The highest BCUT2D eigenvalue weighted by atomic mass is 32.2. The van der Waals surface area contributed by atoms with Crippen molar-refractivity contribution < 1.29 is 13.2 Å². The minimum absolute atomic E-state index is 0.125. The van der Waals surface area contributed by atoms with E-state index in [1.54, 1.807) is 38.6 Å². The Kier molecular flexibility index (Phi) is 5.17. The van der Waals surface area contributed by atoms with Gasteiger partial charge in [0, 0.05) is 31.0 Å². The maximum Gasteiger partial charge on any atom is 0.251 e. The third kappa shape index (κ3) is 3.96. The van der Waals surface area contributed by atoms with E-state index in [0.29, 0.717) is 24.2 Å². The maximum atomic E-state index is 12.3. The van der Waals surface area contributed by atoms with E-state index < -0.39 is 10.0 Å². The zero-order chi connectivity index (χ0) is 17.0. The van der Waals surface area contributed by atoms with Gasteiger partial charge in [0.2, 0.25) is 10.0 Å². The summed E-state index contributed by atoms with van der Waals surface area (Å²) in [6.45, 7) is 4.53. The predicted octanol–water partition coefficient (Wildman–Crippen LogP) is 0.838. The summed E-state index contributed by atoms with van der Waals surface area (Å²) in [6.07, 6.45) is 5.14. The molecule has 23 heavy (non-hydrogen) atoms. The molecule has 2 rings (SSSR count). The minimum atomic E-state index is -3.61. The van der Waals surface area contributed by atoms with Crippen LogP contribution in [0.1, 0.15) is 21.5 Å². The number of rotatable bonds is 6. The van der Waals surface area contributed by atoms with Gasteiger partial charge in [-0.2, -0.15) is 0 Å². The van der Waals surface area contributed by atoms with Crippen molar-refractivity contribution in [2.45, 2.75) is 25.3 Å². The summed E-state index contributed by atoms with van der Waals surface area (Å²) in [4.78, 5) is 16.3. The van der Waals surface area contributed by atoms with Gasteiger partial charge in [0.05, 0.1) is 11.2 Å². The molecular weight excluding hydrogens is 316 g/mol. The van der Waals surface area contributed by atoms with Crippen LogP contribution in [0, 0.1) is 13.8 Å². The third-order valence-electron chi connectivity index (χ3n) is 3.65. The van der Waals surface area contributed by atoms with Gasteiger partial charge in [-0.1, -0.05) is 0 Å². The summed E-state index contributed by atoms with van der Waals surface area (Å²) in [5.74, 6) is -0.305. The molecule has 0 atom stereocenters. The Balaban J connectivity index is 2.17. The molecule has 1 heterocycles. The average Bonchev–Trinajstić information content (AvgIpc) is 3.02. The Bertz CT molecular complexity index is 798. The molecular formula is C15H20N4O3S. The van der Waals surface area contributed by atoms with Gasteiger partial charge in [0.25, 0.3) is 5.91 Å².